The van der Waals surface area contributed by atoms with Gasteiger partial charge in [-0.1, -0.05) is 36.4 Å². The van der Waals surface area contributed by atoms with Crippen molar-refractivity contribution in [1.82, 2.24) is 9.78 Å². The number of benzene rings is 1. The summed E-state index contributed by atoms with van der Waals surface area (Å²) in [6.45, 7) is 3.83. The van der Waals surface area contributed by atoms with Crippen molar-refractivity contribution in [2.45, 2.75) is 25.3 Å². The van der Waals surface area contributed by atoms with Crippen molar-refractivity contribution in [3.8, 4) is 0 Å². The highest BCUT2D eigenvalue weighted by atomic mass is 79.9. The molecule has 1 aromatic carbocycles. The summed E-state index contributed by atoms with van der Waals surface area (Å²) in [7, 11) is 0. The molecular weight excluding hydrogens is 396 g/mol. The fourth-order valence-corrected chi connectivity index (χ4v) is 2.71. The molecule has 1 heterocycles. The van der Waals surface area contributed by atoms with Gasteiger partial charge in [-0.25, -0.2) is 4.68 Å². The Kier molecular flexibility index (Phi) is 5.94. The van der Waals surface area contributed by atoms with Gasteiger partial charge in [0.25, 0.3) is 5.56 Å². The predicted octanol–water partition coefficient (Wildman–Crippen LogP) is 4.52. The number of hydrogen-bond donors (Lipinski definition) is 0. The third-order valence-corrected chi connectivity index (χ3v) is 5.20. The van der Waals surface area contributed by atoms with E-state index < -0.39 is 0 Å². The molecule has 1 unspecified atom stereocenters. The topological polar surface area (TPSA) is 34.9 Å². The van der Waals surface area contributed by atoms with E-state index in [1.807, 2.05) is 18.2 Å². The summed E-state index contributed by atoms with van der Waals surface area (Å²) in [5.74, 6) is 0. The van der Waals surface area contributed by atoms with Gasteiger partial charge < -0.3 is 0 Å². The average molecular weight is 412 g/mol. The van der Waals surface area contributed by atoms with Gasteiger partial charge in [-0.3, -0.25) is 4.79 Å². The number of aryl methyl sites for hydroxylation is 1. The molecular formula is C16H16Br2N2O. The first-order valence-corrected chi connectivity index (χ1v) is 8.31. The van der Waals surface area contributed by atoms with Crippen molar-refractivity contribution < 1.29 is 0 Å². The van der Waals surface area contributed by atoms with Crippen LogP contribution >= 0.6 is 31.9 Å². The fourth-order valence-electron chi connectivity index (χ4n) is 2.16. The van der Waals surface area contributed by atoms with Crippen molar-refractivity contribution in [1.29, 1.82) is 0 Å². The maximum Gasteiger partial charge on any atom is 0.282 e. The fraction of sp³-hybridized carbons (Fsp3) is 0.250. The minimum Gasteiger partial charge on any atom is -0.266 e. The van der Waals surface area contributed by atoms with Gasteiger partial charge in [-0.15, -0.1) is 6.58 Å². The molecule has 1 aromatic heterocycles. The second-order valence-corrected chi connectivity index (χ2v) is 6.38. The highest BCUT2D eigenvalue weighted by Crippen LogP contribution is 2.20. The van der Waals surface area contributed by atoms with Crippen LogP contribution in [0.3, 0.4) is 0 Å². The number of hydrogen-bond acceptors (Lipinski definition) is 2. The van der Waals surface area contributed by atoms with E-state index in [1.165, 1.54) is 10.2 Å². The molecule has 0 fully saturated rings. The molecule has 0 aliphatic carbocycles. The number of nitrogens with zero attached hydrogens (tertiary/aromatic N) is 2. The van der Waals surface area contributed by atoms with Gasteiger partial charge in [0, 0.05) is 0 Å². The van der Waals surface area contributed by atoms with Crippen LogP contribution in [0.25, 0.3) is 0 Å². The third kappa shape index (κ3) is 4.14. The van der Waals surface area contributed by atoms with E-state index in [2.05, 4.69) is 55.7 Å². The molecule has 0 spiro atoms. The molecule has 0 aliphatic heterocycles. The highest BCUT2D eigenvalue weighted by Gasteiger charge is 2.13. The first-order valence-electron chi connectivity index (χ1n) is 6.72. The zero-order valence-electron chi connectivity index (χ0n) is 11.5. The lowest BCUT2D eigenvalue weighted by molar-refractivity contribution is 0.464. The molecule has 5 heteroatoms. The Labute approximate surface area is 141 Å². The number of rotatable bonds is 6. The maximum absolute atomic E-state index is 12.2. The largest absolute Gasteiger partial charge is 0.282 e. The molecule has 0 aliphatic rings. The maximum atomic E-state index is 12.2. The molecule has 110 valence electrons. The quantitative estimate of drug-likeness (QED) is 0.655. The van der Waals surface area contributed by atoms with Crippen LogP contribution in [0.15, 0.2) is 62.9 Å². The first-order chi connectivity index (χ1) is 10.1. The minimum absolute atomic E-state index is 0.0920. The molecule has 0 radical (unpaired) electrons. The number of halogens is 2. The third-order valence-electron chi connectivity index (χ3n) is 3.30. The summed E-state index contributed by atoms with van der Waals surface area (Å²) >= 11 is 6.56. The monoisotopic (exact) mass is 410 g/mol. The standard InChI is InChI=1S/C16H16Br2N2O/c1-2-13(10-6-9-12-7-4-3-5-8-12)20-16(21)15(18)14(17)11-19-20/h2-5,7-8,11,13H,1,6,9-10H2. The van der Waals surface area contributed by atoms with Crippen LogP contribution in [-0.4, -0.2) is 9.78 Å². The first kappa shape index (κ1) is 16.2. The number of allylic oxidation sites excluding steroid dienone is 1. The molecule has 0 N–H and O–H groups in total. The second-order valence-electron chi connectivity index (χ2n) is 4.74. The van der Waals surface area contributed by atoms with E-state index in [-0.39, 0.29) is 11.6 Å². The highest BCUT2D eigenvalue weighted by molar-refractivity contribution is 9.13. The Morgan fingerprint density at radius 1 is 1.29 bits per heavy atom. The molecule has 2 rings (SSSR count). The molecule has 2 aromatic rings. The number of aromatic nitrogens is 2. The molecule has 0 bridgehead atoms. The van der Waals surface area contributed by atoms with E-state index in [0.29, 0.717) is 8.95 Å². The molecule has 1 atom stereocenters. The summed E-state index contributed by atoms with van der Waals surface area (Å²) in [5, 5.41) is 4.19. The van der Waals surface area contributed by atoms with Crippen molar-refractivity contribution in [3.05, 3.63) is 74.0 Å². The molecule has 0 amide bonds. The molecule has 0 saturated carbocycles. The normalized spacial score (nSPS) is 12.1. The van der Waals surface area contributed by atoms with Crippen LogP contribution in [0.1, 0.15) is 24.4 Å². The van der Waals surface area contributed by atoms with E-state index >= 15 is 0 Å². The molecule has 3 nitrogen and oxygen atoms in total. The SMILES string of the molecule is C=CC(CCCc1ccccc1)n1ncc(Br)c(Br)c1=O. The van der Waals surface area contributed by atoms with Crippen LogP contribution in [0.2, 0.25) is 0 Å². The Morgan fingerprint density at radius 3 is 2.67 bits per heavy atom. The van der Waals surface area contributed by atoms with Gasteiger partial charge in [-0.05, 0) is 56.7 Å². The van der Waals surface area contributed by atoms with Gasteiger partial charge in [0.2, 0.25) is 0 Å². The summed E-state index contributed by atoms with van der Waals surface area (Å²) in [4.78, 5) is 12.2. The summed E-state index contributed by atoms with van der Waals surface area (Å²) < 4.78 is 2.63. The van der Waals surface area contributed by atoms with Crippen LogP contribution in [0.4, 0.5) is 0 Å². The zero-order valence-corrected chi connectivity index (χ0v) is 14.7. The lowest BCUT2D eigenvalue weighted by Crippen LogP contribution is -2.27. The summed E-state index contributed by atoms with van der Waals surface area (Å²) in [6.07, 6.45) is 6.19. The van der Waals surface area contributed by atoms with E-state index in [4.69, 9.17) is 0 Å². The lowest BCUT2D eigenvalue weighted by atomic mass is 10.0. The van der Waals surface area contributed by atoms with Gasteiger partial charge in [-0.2, -0.15) is 5.10 Å². The van der Waals surface area contributed by atoms with Crippen LogP contribution in [0, 0.1) is 0 Å². The lowest BCUT2D eigenvalue weighted by Gasteiger charge is -2.15. The van der Waals surface area contributed by atoms with Crippen LogP contribution in [0.5, 0.6) is 0 Å². The Hall–Kier alpha value is -1.20. The van der Waals surface area contributed by atoms with Gasteiger partial charge in [0.05, 0.1) is 16.7 Å². The van der Waals surface area contributed by atoms with Crippen molar-refractivity contribution in [2.75, 3.05) is 0 Å². The average Bonchev–Trinajstić information content (AvgIpc) is 2.51. The molecule has 0 saturated heterocycles. The van der Waals surface area contributed by atoms with E-state index in [9.17, 15) is 4.79 Å². The Morgan fingerprint density at radius 2 is 2.00 bits per heavy atom. The van der Waals surface area contributed by atoms with Crippen LogP contribution in [-0.2, 0) is 6.42 Å². The zero-order chi connectivity index (χ0) is 15.2. The van der Waals surface area contributed by atoms with Gasteiger partial charge >= 0.3 is 0 Å². The van der Waals surface area contributed by atoms with Crippen molar-refractivity contribution >= 4 is 31.9 Å². The predicted molar refractivity (Wildman–Crippen MR) is 92.5 cm³/mol. The van der Waals surface area contributed by atoms with Gasteiger partial charge in [0.1, 0.15) is 4.47 Å². The summed E-state index contributed by atoms with van der Waals surface area (Å²) in [6, 6.07) is 10.2. The van der Waals surface area contributed by atoms with Crippen molar-refractivity contribution in [3.63, 3.8) is 0 Å². The molecule has 21 heavy (non-hydrogen) atoms. The minimum atomic E-state index is -0.144. The van der Waals surface area contributed by atoms with E-state index in [0.717, 1.165) is 19.3 Å². The smallest absolute Gasteiger partial charge is 0.266 e. The van der Waals surface area contributed by atoms with Crippen LogP contribution < -0.4 is 5.56 Å². The second kappa shape index (κ2) is 7.71. The Balaban J connectivity index is 2.05. The van der Waals surface area contributed by atoms with Gasteiger partial charge in [0.15, 0.2) is 0 Å². The Bertz CT molecular complexity index is 668. The van der Waals surface area contributed by atoms with E-state index in [1.54, 1.807) is 12.3 Å². The summed E-state index contributed by atoms with van der Waals surface area (Å²) in [5.41, 5.74) is 1.16. The van der Waals surface area contributed by atoms with Crippen molar-refractivity contribution in [2.24, 2.45) is 0 Å².